The third-order valence-electron chi connectivity index (χ3n) is 7.69. The third-order valence-corrected chi connectivity index (χ3v) is 7.69. The average molecular weight is 463 g/mol. The van der Waals surface area contributed by atoms with Gasteiger partial charge in [0.05, 0.1) is 17.3 Å². The number of piperidine rings is 1. The van der Waals surface area contributed by atoms with Crippen LogP contribution in [0.15, 0.2) is 42.7 Å². The third kappa shape index (κ3) is 4.93. The van der Waals surface area contributed by atoms with E-state index in [-0.39, 0.29) is 17.7 Å². The number of benzene rings is 1. The Morgan fingerprint density at radius 1 is 0.941 bits per heavy atom. The van der Waals surface area contributed by atoms with Gasteiger partial charge in [-0.05, 0) is 50.7 Å². The minimum Gasteiger partial charge on any atom is -0.437 e. The fourth-order valence-electron chi connectivity index (χ4n) is 5.84. The van der Waals surface area contributed by atoms with Crippen LogP contribution in [-0.4, -0.2) is 57.8 Å². The highest BCUT2D eigenvalue weighted by Crippen LogP contribution is 2.44. The number of hydrogen-bond acceptors (Lipinski definition) is 5. The molecule has 3 fully saturated rings. The number of para-hydroxylation sites is 1. The normalized spacial score (nSPS) is 22.1. The second kappa shape index (κ2) is 10.1. The molecule has 2 amide bonds. The lowest BCUT2D eigenvalue weighted by atomic mass is 9.79. The SMILES string of the molecule is O=C(CC1(C(=O)N2CCC[C@@H](c3cncc(Oc4ccccc4)n3)C2)CCCC1)N1CCCC1. The summed E-state index contributed by atoms with van der Waals surface area (Å²) in [5.74, 6) is 1.65. The summed E-state index contributed by atoms with van der Waals surface area (Å²) >= 11 is 0. The molecular weight excluding hydrogens is 428 g/mol. The molecule has 0 unspecified atom stereocenters. The van der Waals surface area contributed by atoms with Gasteiger partial charge < -0.3 is 14.5 Å². The molecule has 5 rings (SSSR count). The Bertz CT molecular complexity index is 1000. The molecule has 1 aromatic carbocycles. The zero-order valence-electron chi connectivity index (χ0n) is 19.8. The summed E-state index contributed by atoms with van der Waals surface area (Å²) in [5, 5.41) is 0. The molecule has 3 heterocycles. The van der Waals surface area contributed by atoms with Gasteiger partial charge in [-0.3, -0.25) is 14.6 Å². The van der Waals surface area contributed by atoms with E-state index in [2.05, 4.69) is 4.98 Å². The summed E-state index contributed by atoms with van der Waals surface area (Å²) < 4.78 is 5.88. The van der Waals surface area contributed by atoms with Gasteiger partial charge in [0.2, 0.25) is 17.7 Å². The van der Waals surface area contributed by atoms with Crippen molar-refractivity contribution in [2.24, 2.45) is 5.41 Å². The van der Waals surface area contributed by atoms with E-state index in [1.165, 1.54) is 0 Å². The van der Waals surface area contributed by atoms with E-state index in [0.717, 1.165) is 82.4 Å². The molecule has 2 aromatic rings. The minimum absolute atomic E-state index is 0.122. The monoisotopic (exact) mass is 462 g/mol. The summed E-state index contributed by atoms with van der Waals surface area (Å²) in [4.78, 5) is 39.9. The number of ether oxygens (including phenoxy) is 1. The van der Waals surface area contributed by atoms with Gasteiger partial charge in [-0.25, -0.2) is 4.98 Å². The van der Waals surface area contributed by atoms with Gasteiger partial charge in [0.15, 0.2) is 0 Å². The van der Waals surface area contributed by atoms with E-state index in [1.807, 2.05) is 40.1 Å². The Hall–Kier alpha value is -2.96. The summed E-state index contributed by atoms with van der Waals surface area (Å²) in [6, 6.07) is 9.56. The molecule has 2 saturated heterocycles. The summed E-state index contributed by atoms with van der Waals surface area (Å²) in [7, 11) is 0. The Labute approximate surface area is 201 Å². The molecule has 1 aromatic heterocycles. The van der Waals surface area contributed by atoms with Crippen molar-refractivity contribution in [2.75, 3.05) is 26.2 Å². The molecule has 0 radical (unpaired) electrons. The maximum atomic E-state index is 13.9. The molecule has 7 heteroatoms. The van der Waals surface area contributed by atoms with Gasteiger partial charge in [-0.2, -0.15) is 0 Å². The Balaban J connectivity index is 1.28. The molecule has 3 aliphatic rings. The second-order valence-corrected chi connectivity index (χ2v) is 10.0. The van der Waals surface area contributed by atoms with E-state index in [4.69, 9.17) is 9.72 Å². The Morgan fingerprint density at radius 2 is 1.68 bits per heavy atom. The van der Waals surface area contributed by atoms with Gasteiger partial charge in [0, 0.05) is 44.7 Å². The van der Waals surface area contributed by atoms with Crippen LogP contribution in [0.5, 0.6) is 11.6 Å². The molecule has 0 N–H and O–H groups in total. The number of likely N-dealkylation sites (tertiary alicyclic amines) is 2. The zero-order chi connectivity index (χ0) is 23.4. The van der Waals surface area contributed by atoms with Gasteiger partial charge >= 0.3 is 0 Å². The summed E-state index contributed by atoms with van der Waals surface area (Å²) in [5.41, 5.74) is 0.338. The molecule has 34 heavy (non-hydrogen) atoms. The predicted octanol–water partition coefficient (Wildman–Crippen LogP) is 4.55. The molecule has 7 nitrogen and oxygen atoms in total. The van der Waals surface area contributed by atoms with Gasteiger partial charge in [-0.15, -0.1) is 0 Å². The lowest BCUT2D eigenvalue weighted by Crippen LogP contribution is -2.48. The first kappa shape index (κ1) is 22.8. The van der Waals surface area contributed by atoms with Crippen LogP contribution >= 0.6 is 0 Å². The van der Waals surface area contributed by atoms with Crippen molar-refractivity contribution in [3.05, 3.63) is 48.4 Å². The van der Waals surface area contributed by atoms with Gasteiger partial charge in [0.1, 0.15) is 5.75 Å². The molecular formula is C27H34N4O3. The molecule has 1 aliphatic carbocycles. The first-order valence-electron chi connectivity index (χ1n) is 12.7. The smallest absolute Gasteiger partial charge is 0.238 e. The summed E-state index contributed by atoms with van der Waals surface area (Å²) in [6.07, 6.45) is 11.5. The van der Waals surface area contributed by atoms with Crippen molar-refractivity contribution in [1.29, 1.82) is 0 Å². The Kier molecular flexibility index (Phi) is 6.79. The van der Waals surface area contributed by atoms with E-state index in [1.54, 1.807) is 12.4 Å². The fourth-order valence-corrected chi connectivity index (χ4v) is 5.84. The minimum atomic E-state index is -0.522. The zero-order valence-corrected chi connectivity index (χ0v) is 19.8. The van der Waals surface area contributed by atoms with E-state index < -0.39 is 5.41 Å². The van der Waals surface area contributed by atoms with E-state index in [0.29, 0.717) is 18.8 Å². The first-order valence-corrected chi connectivity index (χ1v) is 12.7. The van der Waals surface area contributed by atoms with E-state index >= 15 is 0 Å². The molecule has 1 saturated carbocycles. The second-order valence-electron chi connectivity index (χ2n) is 10.0. The largest absolute Gasteiger partial charge is 0.437 e. The number of rotatable bonds is 6. The van der Waals surface area contributed by atoms with Crippen LogP contribution in [0.25, 0.3) is 0 Å². The lowest BCUT2D eigenvalue weighted by molar-refractivity contribution is -0.148. The van der Waals surface area contributed by atoms with Crippen LogP contribution in [0.1, 0.15) is 69.4 Å². The van der Waals surface area contributed by atoms with Gasteiger partial charge in [0.25, 0.3) is 0 Å². The Morgan fingerprint density at radius 3 is 2.44 bits per heavy atom. The molecule has 1 atom stereocenters. The van der Waals surface area contributed by atoms with Crippen molar-refractivity contribution in [1.82, 2.24) is 19.8 Å². The standard InChI is InChI=1S/C27H34N4O3/c32-25(30-14-6-7-15-30)17-27(12-4-5-13-27)26(33)31-16-8-9-21(20-31)23-18-28-19-24(29-23)34-22-10-2-1-3-11-22/h1-3,10-11,18-19,21H,4-9,12-17,20H2/t21-/m1/s1. The number of hydrogen-bond donors (Lipinski definition) is 0. The van der Waals surface area contributed by atoms with E-state index in [9.17, 15) is 9.59 Å². The highest BCUT2D eigenvalue weighted by molar-refractivity contribution is 5.89. The maximum Gasteiger partial charge on any atom is 0.238 e. The number of carbonyl (C=O) groups excluding carboxylic acids is 2. The van der Waals surface area contributed by atoms with Crippen LogP contribution in [0, 0.1) is 5.41 Å². The van der Waals surface area contributed by atoms with Gasteiger partial charge in [-0.1, -0.05) is 31.0 Å². The number of aromatic nitrogens is 2. The van der Waals surface area contributed by atoms with Crippen LogP contribution in [-0.2, 0) is 9.59 Å². The van der Waals surface area contributed by atoms with Crippen molar-refractivity contribution >= 4 is 11.8 Å². The molecule has 0 spiro atoms. The fraction of sp³-hybridized carbons (Fsp3) is 0.556. The first-order chi connectivity index (χ1) is 16.6. The van der Waals surface area contributed by atoms with Crippen molar-refractivity contribution in [3.63, 3.8) is 0 Å². The number of nitrogens with zero attached hydrogens (tertiary/aromatic N) is 4. The topological polar surface area (TPSA) is 75.6 Å². The van der Waals surface area contributed by atoms with Crippen molar-refractivity contribution in [2.45, 2.75) is 63.7 Å². The molecule has 180 valence electrons. The lowest BCUT2D eigenvalue weighted by Gasteiger charge is -2.39. The van der Waals surface area contributed by atoms with Crippen molar-refractivity contribution < 1.29 is 14.3 Å². The van der Waals surface area contributed by atoms with Crippen LogP contribution in [0.2, 0.25) is 0 Å². The van der Waals surface area contributed by atoms with Crippen LogP contribution in [0.3, 0.4) is 0 Å². The highest BCUT2D eigenvalue weighted by Gasteiger charge is 2.46. The van der Waals surface area contributed by atoms with Crippen molar-refractivity contribution in [3.8, 4) is 11.6 Å². The van der Waals surface area contributed by atoms with Crippen LogP contribution in [0.4, 0.5) is 0 Å². The number of carbonyl (C=O) groups is 2. The highest BCUT2D eigenvalue weighted by atomic mass is 16.5. The predicted molar refractivity (Wildman–Crippen MR) is 128 cm³/mol. The molecule has 0 bridgehead atoms. The average Bonchev–Trinajstić information content (AvgIpc) is 3.58. The molecule has 2 aliphatic heterocycles. The quantitative estimate of drug-likeness (QED) is 0.630. The summed E-state index contributed by atoms with van der Waals surface area (Å²) in [6.45, 7) is 3.06. The maximum absolute atomic E-state index is 13.9. The van der Waals surface area contributed by atoms with Crippen LogP contribution < -0.4 is 4.74 Å². The number of amides is 2.